The molecule has 0 saturated heterocycles. The van der Waals surface area contributed by atoms with Gasteiger partial charge in [-0.1, -0.05) is 18.9 Å². The van der Waals surface area contributed by atoms with Crippen LogP contribution < -0.4 is 26.8 Å². The smallest absolute Gasteiger partial charge is 0.271 e. The first-order chi connectivity index (χ1) is 13.1. The van der Waals surface area contributed by atoms with E-state index in [9.17, 15) is 4.79 Å². The highest BCUT2D eigenvalue weighted by atomic mass is 16.5. The summed E-state index contributed by atoms with van der Waals surface area (Å²) in [6.45, 7) is 2.39. The zero-order valence-electron chi connectivity index (χ0n) is 15.3. The highest BCUT2D eigenvalue weighted by Gasteiger charge is 2.23. The van der Waals surface area contributed by atoms with Crippen molar-refractivity contribution in [1.29, 1.82) is 0 Å². The molecule has 1 aliphatic carbocycles. The van der Waals surface area contributed by atoms with E-state index in [-0.39, 0.29) is 17.8 Å². The molecule has 1 fully saturated rings. The number of aromatic nitrogens is 3. The Hall–Kier alpha value is -2.94. The Balaban J connectivity index is 1.83. The van der Waals surface area contributed by atoms with Crippen molar-refractivity contribution in [1.82, 2.24) is 15.2 Å². The third-order valence-corrected chi connectivity index (χ3v) is 4.46. The van der Waals surface area contributed by atoms with Gasteiger partial charge in [0.2, 0.25) is 5.88 Å². The summed E-state index contributed by atoms with van der Waals surface area (Å²) < 4.78 is 5.40. The molecule has 27 heavy (non-hydrogen) atoms. The van der Waals surface area contributed by atoms with Gasteiger partial charge in [-0.15, -0.1) is 10.2 Å². The molecule has 0 radical (unpaired) electrons. The third kappa shape index (κ3) is 4.82. The van der Waals surface area contributed by atoms with E-state index in [0.717, 1.165) is 25.7 Å². The van der Waals surface area contributed by atoms with Gasteiger partial charge in [-0.05, 0) is 25.8 Å². The van der Waals surface area contributed by atoms with Crippen molar-refractivity contribution in [2.24, 2.45) is 11.5 Å². The Labute approximate surface area is 157 Å². The summed E-state index contributed by atoms with van der Waals surface area (Å²) in [5.41, 5.74) is 12.1. The van der Waals surface area contributed by atoms with Crippen LogP contribution in [0.15, 0.2) is 24.3 Å². The van der Waals surface area contributed by atoms with Crippen molar-refractivity contribution in [2.75, 3.05) is 17.2 Å². The molecule has 2 heterocycles. The molecule has 1 aliphatic rings. The van der Waals surface area contributed by atoms with Crippen molar-refractivity contribution in [3.8, 4) is 5.88 Å². The molecule has 3 rings (SSSR count). The first-order valence-corrected chi connectivity index (χ1v) is 9.13. The van der Waals surface area contributed by atoms with E-state index in [2.05, 4.69) is 25.8 Å². The van der Waals surface area contributed by atoms with Crippen LogP contribution in [0.1, 0.15) is 43.1 Å². The van der Waals surface area contributed by atoms with Gasteiger partial charge in [-0.25, -0.2) is 0 Å². The van der Waals surface area contributed by atoms with Gasteiger partial charge in [-0.2, -0.15) is 4.98 Å². The fourth-order valence-electron chi connectivity index (χ4n) is 3.12. The number of nitrogens with zero attached hydrogens (tertiary/aromatic N) is 3. The van der Waals surface area contributed by atoms with E-state index >= 15 is 0 Å². The summed E-state index contributed by atoms with van der Waals surface area (Å²) in [5, 5.41) is 14.4. The van der Waals surface area contributed by atoms with Crippen LogP contribution in [-0.4, -0.2) is 39.8 Å². The molecule has 2 aromatic rings. The molecule has 2 atom stereocenters. The standard InChI is InChI=1S/C18H25N7O2/c1-2-27-16-9-5-8-14(23-16)22-13-10-15(24-25-17(13)18(20)26)21-12-7-4-3-6-11(12)19/h5,8-12H,2-4,6-7,19H2,1H3,(H2,20,26)(H2,21,22,23,24)/t11-,12+/m0/s1. The van der Waals surface area contributed by atoms with Crippen molar-refractivity contribution < 1.29 is 9.53 Å². The molecule has 6 N–H and O–H groups in total. The molecule has 2 aromatic heterocycles. The van der Waals surface area contributed by atoms with Crippen LogP contribution in [-0.2, 0) is 0 Å². The fraction of sp³-hybridized carbons (Fsp3) is 0.444. The number of nitrogens with one attached hydrogen (secondary N) is 2. The number of pyridine rings is 1. The van der Waals surface area contributed by atoms with E-state index in [1.807, 2.05) is 6.92 Å². The van der Waals surface area contributed by atoms with Crippen molar-refractivity contribution >= 4 is 23.2 Å². The van der Waals surface area contributed by atoms with Crippen LogP contribution >= 0.6 is 0 Å². The molecule has 9 nitrogen and oxygen atoms in total. The molecule has 1 saturated carbocycles. The minimum atomic E-state index is -0.674. The van der Waals surface area contributed by atoms with Gasteiger partial charge in [0, 0.05) is 24.2 Å². The van der Waals surface area contributed by atoms with Gasteiger partial charge in [-0.3, -0.25) is 4.79 Å². The van der Waals surface area contributed by atoms with E-state index < -0.39 is 5.91 Å². The molecule has 9 heteroatoms. The van der Waals surface area contributed by atoms with Gasteiger partial charge in [0.15, 0.2) is 11.5 Å². The normalized spacial score (nSPS) is 19.3. The minimum Gasteiger partial charge on any atom is -0.478 e. The van der Waals surface area contributed by atoms with Crippen LogP contribution in [0.2, 0.25) is 0 Å². The molecule has 1 amide bonds. The Morgan fingerprint density at radius 1 is 1.26 bits per heavy atom. The van der Waals surface area contributed by atoms with Gasteiger partial charge in [0.25, 0.3) is 5.91 Å². The van der Waals surface area contributed by atoms with Crippen LogP contribution in [0.4, 0.5) is 17.3 Å². The Kier molecular flexibility index (Phi) is 6.02. The number of hydrogen-bond acceptors (Lipinski definition) is 8. The first kappa shape index (κ1) is 18.8. The second kappa shape index (κ2) is 8.63. The number of nitrogens with two attached hydrogens (primary N) is 2. The first-order valence-electron chi connectivity index (χ1n) is 9.13. The summed E-state index contributed by atoms with van der Waals surface area (Å²) in [5.74, 6) is 0.853. The monoisotopic (exact) mass is 371 g/mol. The maximum Gasteiger partial charge on any atom is 0.271 e. The van der Waals surface area contributed by atoms with Gasteiger partial charge in [0.1, 0.15) is 5.82 Å². The van der Waals surface area contributed by atoms with Gasteiger partial charge < -0.3 is 26.8 Å². The molecule has 0 spiro atoms. The lowest BCUT2D eigenvalue weighted by atomic mass is 9.91. The van der Waals surface area contributed by atoms with E-state index in [0.29, 0.717) is 29.8 Å². The molecule has 0 bridgehead atoms. The number of hydrogen-bond donors (Lipinski definition) is 4. The predicted molar refractivity (Wildman–Crippen MR) is 103 cm³/mol. The average Bonchev–Trinajstić information content (AvgIpc) is 2.64. The number of rotatable bonds is 7. The van der Waals surface area contributed by atoms with Crippen LogP contribution in [0.5, 0.6) is 5.88 Å². The SMILES string of the molecule is CCOc1cccc(Nc2cc(N[C@@H]3CCCC[C@@H]3N)nnc2C(N)=O)n1. The predicted octanol–water partition coefficient (Wildman–Crippen LogP) is 1.79. The lowest BCUT2D eigenvalue weighted by molar-refractivity contribution is 0.0995. The Morgan fingerprint density at radius 2 is 2.07 bits per heavy atom. The van der Waals surface area contributed by atoms with Crippen molar-refractivity contribution in [2.45, 2.75) is 44.7 Å². The Bertz CT molecular complexity index is 799. The van der Waals surface area contributed by atoms with Crippen molar-refractivity contribution in [3.05, 3.63) is 30.0 Å². The molecular formula is C18H25N7O2. The van der Waals surface area contributed by atoms with E-state index in [4.69, 9.17) is 16.2 Å². The zero-order valence-corrected chi connectivity index (χ0v) is 15.3. The van der Waals surface area contributed by atoms with E-state index in [1.165, 1.54) is 0 Å². The number of primary amides is 1. The Morgan fingerprint density at radius 3 is 2.81 bits per heavy atom. The lowest BCUT2D eigenvalue weighted by Gasteiger charge is -2.29. The number of carbonyl (C=O) groups is 1. The quantitative estimate of drug-likeness (QED) is 0.577. The molecule has 144 valence electrons. The van der Waals surface area contributed by atoms with Crippen LogP contribution in [0.3, 0.4) is 0 Å². The summed E-state index contributed by atoms with van der Waals surface area (Å²) in [4.78, 5) is 16.1. The van der Waals surface area contributed by atoms with Gasteiger partial charge in [0.05, 0.1) is 12.3 Å². The number of carbonyl (C=O) groups excluding carboxylic acids is 1. The molecule has 0 aromatic carbocycles. The van der Waals surface area contributed by atoms with Gasteiger partial charge >= 0.3 is 0 Å². The summed E-state index contributed by atoms with van der Waals surface area (Å²) >= 11 is 0. The minimum absolute atomic E-state index is 0.0390. The number of amides is 1. The highest BCUT2D eigenvalue weighted by molar-refractivity contribution is 5.97. The second-order valence-corrected chi connectivity index (χ2v) is 6.47. The summed E-state index contributed by atoms with van der Waals surface area (Å²) in [7, 11) is 0. The maximum atomic E-state index is 11.7. The lowest BCUT2D eigenvalue weighted by Crippen LogP contribution is -2.42. The summed E-state index contributed by atoms with van der Waals surface area (Å²) in [6, 6.07) is 7.21. The fourth-order valence-corrected chi connectivity index (χ4v) is 3.12. The third-order valence-electron chi connectivity index (χ3n) is 4.46. The van der Waals surface area contributed by atoms with Crippen LogP contribution in [0.25, 0.3) is 0 Å². The largest absolute Gasteiger partial charge is 0.478 e. The zero-order chi connectivity index (χ0) is 19.2. The summed E-state index contributed by atoms with van der Waals surface area (Å²) in [6.07, 6.45) is 4.21. The van der Waals surface area contributed by atoms with Crippen LogP contribution in [0, 0.1) is 0 Å². The number of anilines is 3. The van der Waals surface area contributed by atoms with Crippen molar-refractivity contribution in [3.63, 3.8) is 0 Å². The highest BCUT2D eigenvalue weighted by Crippen LogP contribution is 2.24. The maximum absolute atomic E-state index is 11.7. The molecule has 0 unspecified atom stereocenters. The number of ether oxygens (including phenoxy) is 1. The molecule has 0 aliphatic heterocycles. The average molecular weight is 371 g/mol. The van der Waals surface area contributed by atoms with E-state index in [1.54, 1.807) is 24.3 Å². The second-order valence-electron chi connectivity index (χ2n) is 6.47. The topological polar surface area (TPSA) is 141 Å². The molecular weight excluding hydrogens is 346 g/mol.